The molecule has 0 aliphatic rings. The summed E-state index contributed by atoms with van der Waals surface area (Å²) in [5, 5.41) is 4.52. The fourth-order valence-electron chi connectivity index (χ4n) is 3.26. The average molecular weight is 342 g/mol. The molecule has 0 atom stereocenters. The summed E-state index contributed by atoms with van der Waals surface area (Å²) < 4.78 is 2.15. The molecule has 4 rings (SSSR count). The van der Waals surface area contributed by atoms with Crippen LogP contribution in [-0.4, -0.2) is 20.6 Å². The van der Waals surface area contributed by atoms with Gasteiger partial charge in [-0.1, -0.05) is 42.5 Å². The van der Waals surface area contributed by atoms with Crippen molar-refractivity contribution < 1.29 is 0 Å². The Hall–Kier alpha value is -3.14. The van der Waals surface area contributed by atoms with E-state index in [2.05, 4.69) is 95.4 Å². The second kappa shape index (κ2) is 6.64. The summed E-state index contributed by atoms with van der Waals surface area (Å²) in [5.41, 5.74) is 5.52. The molecule has 0 fully saturated rings. The highest BCUT2D eigenvalue weighted by Gasteiger charge is 2.17. The Balaban J connectivity index is 2.03. The molecule has 130 valence electrons. The maximum atomic E-state index is 4.61. The highest BCUT2D eigenvalue weighted by atomic mass is 15.1. The summed E-state index contributed by atoms with van der Waals surface area (Å²) >= 11 is 0. The van der Waals surface area contributed by atoms with Crippen molar-refractivity contribution in [2.45, 2.75) is 26.8 Å². The molecule has 4 aromatic rings. The van der Waals surface area contributed by atoms with Crippen LogP contribution in [0, 0.1) is 6.92 Å². The molecule has 0 saturated carbocycles. The van der Waals surface area contributed by atoms with Gasteiger partial charge in [-0.05, 0) is 44.0 Å². The lowest BCUT2D eigenvalue weighted by molar-refractivity contribution is 0.890. The van der Waals surface area contributed by atoms with Crippen LogP contribution in [0.2, 0.25) is 0 Å². The minimum Gasteiger partial charge on any atom is -0.367 e. The summed E-state index contributed by atoms with van der Waals surface area (Å²) in [6, 6.07) is 19.2. The number of benzene rings is 2. The monoisotopic (exact) mass is 342 g/mol. The van der Waals surface area contributed by atoms with Crippen LogP contribution in [0.4, 0.5) is 5.82 Å². The topological polar surface area (TPSA) is 42.7 Å². The van der Waals surface area contributed by atoms with E-state index in [1.54, 1.807) is 6.33 Å². The molecule has 2 heterocycles. The first-order chi connectivity index (χ1) is 12.6. The van der Waals surface area contributed by atoms with Gasteiger partial charge in [-0.2, -0.15) is 0 Å². The van der Waals surface area contributed by atoms with Crippen LogP contribution in [0.5, 0.6) is 0 Å². The largest absolute Gasteiger partial charge is 0.367 e. The number of fused-ring (bicyclic) bond motifs is 1. The van der Waals surface area contributed by atoms with Crippen molar-refractivity contribution >= 4 is 16.9 Å². The lowest BCUT2D eigenvalue weighted by Crippen LogP contribution is -2.11. The molecule has 2 aromatic heterocycles. The zero-order valence-electron chi connectivity index (χ0n) is 15.3. The van der Waals surface area contributed by atoms with Gasteiger partial charge in [-0.15, -0.1) is 0 Å². The lowest BCUT2D eigenvalue weighted by atomic mass is 10.1. The number of aryl methyl sites for hydroxylation is 1. The first-order valence-electron chi connectivity index (χ1n) is 8.88. The minimum atomic E-state index is 0.291. The Labute approximate surface area is 153 Å². The second-order valence-electron chi connectivity index (χ2n) is 6.84. The van der Waals surface area contributed by atoms with E-state index in [-0.39, 0.29) is 0 Å². The molecular formula is C22H22N4. The quantitative estimate of drug-likeness (QED) is 0.553. The van der Waals surface area contributed by atoms with Crippen LogP contribution in [0.3, 0.4) is 0 Å². The zero-order valence-corrected chi connectivity index (χ0v) is 15.3. The SMILES string of the molecule is Cc1cccc(-n2cc(-c3ccccc3)c3c(NC(C)C)ncnc32)c1. The number of hydrogen-bond donors (Lipinski definition) is 1. The standard InChI is InChI=1S/C22H22N4/c1-15(2)25-21-20-19(17-9-5-4-6-10-17)13-26(22(20)24-14-23-21)18-11-7-8-16(3)12-18/h4-15H,1-3H3,(H,23,24,25). The van der Waals surface area contributed by atoms with Crippen LogP contribution in [-0.2, 0) is 0 Å². The average Bonchev–Trinajstić information content (AvgIpc) is 3.03. The smallest absolute Gasteiger partial charge is 0.150 e. The van der Waals surface area contributed by atoms with Crippen molar-refractivity contribution in [3.05, 3.63) is 72.7 Å². The number of rotatable bonds is 4. The highest BCUT2D eigenvalue weighted by molar-refractivity contribution is 6.02. The van der Waals surface area contributed by atoms with Crippen molar-refractivity contribution in [1.29, 1.82) is 0 Å². The van der Waals surface area contributed by atoms with E-state index < -0.39 is 0 Å². The highest BCUT2D eigenvalue weighted by Crippen LogP contribution is 2.35. The van der Waals surface area contributed by atoms with Gasteiger partial charge in [-0.3, -0.25) is 0 Å². The van der Waals surface area contributed by atoms with E-state index in [4.69, 9.17) is 0 Å². The number of nitrogens with one attached hydrogen (secondary N) is 1. The van der Waals surface area contributed by atoms with Crippen LogP contribution >= 0.6 is 0 Å². The van der Waals surface area contributed by atoms with Crippen molar-refractivity contribution in [1.82, 2.24) is 14.5 Å². The molecule has 0 unspecified atom stereocenters. The zero-order chi connectivity index (χ0) is 18.1. The molecule has 0 aliphatic heterocycles. The molecule has 26 heavy (non-hydrogen) atoms. The van der Waals surface area contributed by atoms with Crippen molar-refractivity contribution in [3.8, 4) is 16.8 Å². The number of nitrogens with zero attached hydrogens (tertiary/aromatic N) is 3. The predicted molar refractivity (Wildman–Crippen MR) is 108 cm³/mol. The van der Waals surface area contributed by atoms with Gasteiger partial charge < -0.3 is 9.88 Å². The molecule has 1 N–H and O–H groups in total. The molecule has 0 aliphatic carbocycles. The maximum Gasteiger partial charge on any atom is 0.150 e. The number of anilines is 1. The van der Waals surface area contributed by atoms with Gasteiger partial charge >= 0.3 is 0 Å². The van der Waals surface area contributed by atoms with Crippen molar-refractivity contribution in [2.75, 3.05) is 5.32 Å². The Bertz CT molecular complexity index is 1050. The van der Waals surface area contributed by atoms with Gasteiger partial charge in [0.2, 0.25) is 0 Å². The van der Waals surface area contributed by atoms with Gasteiger partial charge in [0.25, 0.3) is 0 Å². The van der Waals surface area contributed by atoms with E-state index >= 15 is 0 Å². The first kappa shape index (κ1) is 16.3. The molecule has 0 amide bonds. The molecule has 0 saturated heterocycles. The van der Waals surface area contributed by atoms with Gasteiger partial charge in [-0.25, -0.2) is 9.97 Å². The van der Waals surface area contributed by atoms with Crippen LogP contribution in [0.15, 0.2) is 67.1 Å². The summed E-state index contributed by atoms with van der Waals surface area (Å²) in [6.07, 6.45) is 3.79. The van der Waals surface area contributed by atoms with E-state index in [9.17, 15) is 0 Å². The van der Waals surface area contributed by atoms with Crippen LogP contribution < -0.4 is 5.32 Å². The Kier molecular flexibility index (Phi) is 4.17. The number of aromatic nitrogens is 3. The van der Waals surface area contributed by atoms with E-state index in [0.717, 1.165) is 33.7 Å². The second-order valence-corrected chi connectivity index (χ2v) is 6.84. The first-order valence-corrected chi connectivity index (χ1v) is 8.88. The summed E-state index contributed by atoms with van der Waals surface area (Å²) in [6.45, 7) is 6.34. The molecule has 0 bridgehead atoms. The van der Waals surface area contributed by atoms with E-state index in [1.807, 2.05) is 6.07 Å². The third kappa shape index (κ3) is 2.94. The molecular weight excluding hydrogens is 320 g/mol. The van der Waals surface area contributed by atoms with E-state index in [1.165, 1.54) is 5.56 Å². The Morgan fingerprint density at radius 1 is 0.962 bits per heavy atom. The third-order valence-corrected chi connectivity index (χ3v) is 4.37. The van der Waals surface area contributed by atoms with Gasteiger partial charge in [0.1, 0.15) is 12.1 Å². The minimum absolute atomic E-state index is 0.291. The number of hydrogen-bond acceptors (Lipinski definition) is 3. The molecule has 0 radical (unpaired) electrons. The molecule has 4 nitrogen and oxygen atoms in total. The van der Waals surface area contributed by atoms with Gasteiger partial charge in [0.05, 0.1) is 5.39 Å². The maximum absolute atomic E-state index is 4.61. The van der Waals surface area contributed by atoms with Crippen LogP contribution in [0.1, 0.15) is 19.4 Å². The van der Waals surface area contributed by atoms with Gasteiger partial charge in [0.15, 0.2) is 5.65 Å². The van der Waals surface area contributed by atoms with Crippen molar-refractivity contribution in [2.24, 2.45) is 0 Å². The Morgan fingerprint density at radius 3 is 2.50 bits per heavy atom. The summed E-state index contributed by atoms with van der Waals surface area (Å²) in [5.74, 6) is 0.871. The fourth-order valence-corrected chi connectivity index (χ4v) is 3.26. The Morgan fingerprint density at radius 2 is 1.77 bits per heavy atom. The van der Waals surface area contributed by atoms with Crippen molar-refractivity contribution in [3.63, 3.8) is 0 Å². The molecule has 0 spiro atoms. The third-order valence-electron chi connectivity index (χ3n) is 4.37. The summed E-state index contributed by atoms with van der Waals surface area (Å²) in [7, 11) is 0. The fraction of sp³-hybridized carbons (Fsp3) is 0.182. The lowest BCUT2D eigenvalue weighted by Gasteiger charge is -2.11. The molecule has 4 heteroatoms. The predicted octanol–water partition coefficient (Wildman–Crippen LogP) is 5.22. The van der Waals surface area contributed by atoms with Crippen LogP contribution in [0.25, 0.3) is 27.8 Å². The molecule has 2 aromatic carbocycles. The van der Waals surface area contributed by atoms with E-state index in [0.29, 0.717) is 6.04 Å². The normalized spacial score (nSPS) is 11.2. The van der Waals surface area contributed by atoms with Gasteiger partial charge in [0, 0.05) is 23.5 Å². The summed E-state index contributed by atoms with van der Waals surface area (Å²) in [4.78, 5) is 9.14.